The zero-order valence-corrected chi connectivity index (χ0v) is 11.5. The van der Waals surface area contributed by atoms with Gasteiger partial charge >= 0.3 is 0 Å². The van der Waals surface area contributed by atoms with Crippen molar-refractivity contribution in [3.05, 3.63) is 24.1 Å². The van der Waals surface area contributed by atoms with Gasteiger partial charge in [-0.25, -0.2) is 4.98 Å². The summed E-state index contributed by atoms with van der Waals surface area (Å²) in [6.07, 6.45) is 3.25. The van der Waals surface area contributed by atoms with Gasteiger partial charge in [0.1, 0.15) is 11.3 Å². The smallest absolute Gasteiger partial charge is 0.201 e. The number of nitrogens with zero attached hydrogens (tertiary/aromatic N) is 1. The maximum Gasteiger partial charge on any atom is 0.201 e. The molecule has 1 aromatic heterocycles. The third kappa shape index (κ3) is 2.10. The second-order valence-corrected chi connectivity index (χ2v) is 5.24. The van der Waals surface area contributed by atoms with E-state index in [0.29, 0.717) is 0 Å². The number of fused-ring (bicyclic) bond motifs is 1. The van der Waals surface area contributed by atoms with Crippen LogP contribution in [0.2, 0.25) is 0 Å². The Morgan fingerprint density at radius 2 is 2.16 bits per heavy atom. The van der Waals surface area contributed by atoms with Gasteiger partial charge in [0, 0.05) is 11.5 Å². The largest absolute Gasteiger partial charge is 0.497 e. The van der Waals surface area contributed by atoms with E-state index in [1.807, 2.05) is 18.2 Å². The van der Waals surface area contributed by atoms with Gasteiger partial charge in [-0.2, -0.15) is 0 Å². The fourth-order valence-corrected chi connectivity index (χ4v) is 2.89. The third-order valence-corrected chi connectivity index (χ3v) is 4.29. The number of ether oxygens (including phenoxy) is 1. The van der Waals surface area contributed by atoms with Crippen molar-refractivity contribution in [2.45, 2.75) is 31.6 Å². The number of hydrogen-bond donors (Lipinski definition) is 1. The molecule has 1 fully saturated rings. The van der Waals surface area contributed by atoms with E-state index >= 15 is 0 Å². The van der Waals surface area contributed by atoms with E-state index in [1.54, 1.807) is 7.11 Å². The molecule has 0 bridgehead atoms. The Morgan fingerprint density at radius 1 is 1.37 bits per heavy atom. The lowest BCUT2D eigenvalue weighted by atomic mass is 9.76. The van der Waals surface area contributed by atoms with Gasteiger partial charge in [-0.05, 0) is 44.5 Å². The highest BCUT2D eigenvalue weighted by molar-refractivity contribution is 5.74. The molecule has 1 saturated heterocycles. The maximum absolute atomic E-state index is 6.01. The van der Waals surface area contributed by atoms with Gasteiger partial charge < -0.3 is 14.5 Å². The van der Waals surface area contributed by atoms with Crippen LogP contribution in [0.1, 0.15) is 32.1 Å². The molecule has 1 N–H and O–H groups in total. The van der Waals surface area contributed by atoms with Gasteiger partial charge in [-0.1, -0.05) is 6.92 Å². The monoisotopic (exact) mass is 260 g/mol. The molecule has 0 radical (unpaired) electrons. The number of aromatic nitrogens is 1. The standard InChI is InChI=1S/C15H20N2O2/c1-3-15(6-8-16-9-7-15)14-17-12-10-11(18-2)4-5-13(12)19-14/h4-5,10,16H,3,6-9H2,1-2H3. The van der Waals surface area contributed by atoms with E-state index in [0.717, 1.165) is 55.1 Å². The number of hydrogen-bond acceptors (Lipinski definition) is 4. The molecular weight excluding hydrogens is 240 g/mol. The van der Waals surface area contributed by atoms with Crippen molar-refractivity contribution in [3.8, 4) is 5.75 Å². The second-order valence-electron chi connectivity index (χ2n) is 5.24. The summed E-state index contributed by atoms with van der Waals surface area (Å²) in [7, 11) is 1.67. The first-order valence-electron chi connectivity index (χ1n) is 6.93. The van der Waals surface area contributed by atoms with Crippen molar-refractivity contribution in [1.82, 2.24) is 10.3 Å². The molecule has 2 aromatic rings. The van der Waals surface area contributed by atoms with E-state index in [4.69, 9.17) is 14.1 Å². The number of piperidine rings is 1. The van der Waals surface area contributed by atoms with Gasteiger partial charge in [0.25, 0.3) is 0 Å². The molecule has 1 aliphatic heterocycles. The number of oxazole rings is 1. The molecule has 0 aliphatic carbocycles. The summed E-state index contributed by atoms with van der Waals surface area (Å²) in [6.45, 7) is 4.30. The van der Waals surface area contributed by atoms with E-state index in [1.165, 1.54) is 0 Å². The summed E-state index contributed by atoms with van der Waals surface area (Å²) in [6, 6.07) is 5.79. The van der Waals surface area contributed by atoms with Crippen molar-refractivity contribution < 1.29 is 9.15 Å². The highest BCUT2D eigenvalue weighted by Gasteiger charge is 2.36. The van der Waals surface area contributed by atoms with Gasteiger partial charge in [0.2, 0.25) is 5.89 Å². The zero-order valence-electron chi connectivity index (χ0n) is 11.5. The highest BCUT2D eigenvalue weighted by atomic mass is 16.5. The van der Waals surface area contributed by atoms with Crippen molar-refractivity contribution in [1.29, 1.82) is 0 Å². The minimum Gasteiger partial charge on any atom is -0.497 e. The second kappa shape index (κ2) is 4.85. The predicted molar refractivity (Wildman–Crippen MR) is 74.6 cm³/mol. The van der Waals surface area contributed by atoms with Crippen LogP contribution < -0.4 is 10.1 Å². The Kier molecular flexibility index (Phi) is 3.19. The fourth-order valence-electron chi connectivity index (χ4n) is 2.89. The Balaban J connectivity index is 2.03. The van der Waals surface area contributed by atoms with Crippen LogP contribution in [0.4, 0.5) is 0 Å². The molecule has 1 aliphatic rings. The molecule has 0 spiro atoms. The number of methoxy groups -OCH3 is 1. The summed E-state index contributed by atoms with van der Waals surface area (Å²) >= 11 is 0. The minimum atomic E-state index is 0.0947. The van der Waals surface area contributed by atoms with E-state index < -0.39 is 0 Å². The van der Waals surface area contributed by atoms with Crippen LogP contribution in [0.3, 0.4) is 0 Å². The summed E-state index contributed by atoms with van der Waals surface area (Å²) in [5.74, 6) is 1.71. The molecule has 4 nitrogen and oxygen atoms in total. The SMILES string of the molecule is CCC1(c2nc3cc(OC)ccc3o2)CCNCC1. The predicted octanol–water partition coefficient (Wildman–Crippen LogP) is 2.87. The Bertz CT molecular complexity index is 571. The van der Waals surface area contributed by atoms with Crippen LogP contribution in [0, 0.1) is 0 Å². The van der Waals surface area contributed by atoms with Crippen LogP contribution >= 0.6 is 0 Å². The maximum atomic E-state index is 6.01. The molecular formula is C15H20N2O2. The Labute approximate surface area is 113 Å². The number of benzene rings is 1. The number of nitrogens with one attached hydrogen (secondary N) is 1. The van der Waals surface area contributed by atoms with Crippen molar-refractivity contribution in [3.63, 3.8) is 0 Å². The lowest BCUT2D eigenvalue weighted by molar-refractivity contribution is 0.243. The van der Waals surface area contributed by atoms with Crippen molar-refractivity contribution >= 4 is 11.1 Å². The molecule has 0 unspecified atom stereocenters. The van der Waals surface area contributed by atoms with Crippen molar-refractivity contribution in [2.24, 2.45) is 0 Å². The molecule has 102 valence electrons. The molecule has 19 heavy (non-hydrogen) atoms. The lowest BCUT2D eigenvalue weighted by Gasteiger charge is -2.33. The van der Waals surface area contributed by atoms with E-state index in [2.05, 4.69) is 12.2 Å². The summed E-state index contributed by atoms with van der Waals surface area (Å²) < 4.78 is 11.2. The average molecular weight is 260 g/mol. The van der Waals surface area contributed by atoms with Crippen LogP contribution in [-0.4, -0.2) is 25.2 Å². The Morgan fingerprint density at radius 3 is 2.84 bits per heavy atom. The molecule has 0 amide bonds. The van der Waals surface area contributed by atoms with Gasteiger partial charge in [-0.15, -0.1) is 0 Å². The van der Waals surface area contributed by atoms with Crippen molar-refractivity contribution in [2.75, 3.05) is 20.2 Å². The molecule has 2 heterocycles. The zero-order chi connectivity index (χ0) is 13.3. The summed E-state index contributed by atoms with van der Waals surface area (Å²) in [5.41, 5.74) is 1.83. The van der Waals surface area contributed by atoms with Gasteiger partial charge in [0.05, 0.1) is 7.11 Å². The molecule has 4 heteroatoms. The van der Waals surface area contributed by atoms with Crippen LogP contribution in [0.15, 0.2) is 22.6 Å². The molecule has 0 atom stereocenters. The summed E-state index contributed by atoms with van der Waals surface area (Å²) in [4.78, 5) is 4.71. The third-order valence-electron chi connectivity index (χ3n) is 4.29. The average Bonchev–Trinajstić information content (AvgIpc) is 2.91. The lowest BCUT2D eigenvalue weighted by Crippen LogP contribution is -2.39. The quantitative estimate of drug-likeness (QED) is 0.921. The molecule has 3 rings (SSSR count). The molecule has 0 saturated carbocycles. The highest BCUT2D eigenvalue weighted by Crippen LogP contribution is 2.37. The first kappa shape index (κ1) is 12.5. The normalized spacial score (nSPS) is 18.6. The van der Waals surface area contributed by atoms with Gasteiger partial charge in [0.15, 0.2) is 5.58 Å². The van der Waals surface area contributed by atoms with Crippen LogP contribution in [0.5, 0.6) is 5.75 Å². The topological polar surface area (TPSA) is 47.3 Å². The first-order valence-corrected chi connectivity index (χ1v) is 6.93. The van der Waals surface area contributed by atoms with E-state index in [-0.39, 0.29) is 5.41 Å². The molecule has 1 aromatic carbocycles. The van der Waals surface area contributed by atoms with Crippen LogP contribution in [0.25, 0.3) is 11.1 Å². The van der Waals surface area contributed by atoms with Crippen LogP contribution in [-0.2, 0) is 5.41 Å². The number of rotatable bonds is 3. The summed E-state index contributed by atoms with van der Waals surface area (Å²) in [5, 5.41) is 3.41. The fraction of sp³-hybridized carbons (Fsp3) is 0.533. The minimum absolute atomic E-state index is 0.0947. The van der Waals surface area contributed by atoms with E-state index in [9.17, 15) is 0 Å². The van der Waals surface area contributed by atoms with Gasteiger partial charge in [-0.3, -0.25) is 0 Å². The Hall–Kier alpha value is -1.55. The first-order chi connectivity index (χ1) is 9.27.